The highest BCUT2D eigenvalue weighted by atomic mass is 16.7. The van der Waals surface area contributed by atoms with Gasteiger partial charge >= 0.3 is 11.9 Å². The van der Waals surface area contributed by atoms with Gasteiger partial charge in [-0.15, -0.1) is 0 Å². The molecule has 9 nitrogen and oxygen atoms in total. The van der Waals surface area contributed by atoms with E-state index in [-0.39, 0.29) is 32.7 Å². The van der Waals surface area contributed by atoms with Gasteiger partial charge in [-0.3, -0.25) is 9.59 Å². The zero-order valence-electron chi connectivity index (χ0n) is 43.9. The van der Waals surface area contributed by atoms with Gasteiger partial charge in [0.1, 0.15) is 13.2 Å². The number of allylic oxidation sites excluding steroid dienone is 22. The maximum absolute atomic E-state index is 12.8. The lowest BCUT2D eigenvalue weighted by Gasteiger charge is -2.26. The Morgan fingerprint density at radius 2 is 0.783 bits per heavy atom. The van der Waals surface area contributed by atoms with Gasteiger partial charge in [-0.05, 0) is 109 Å². The molecule has 0 aromatic rings. The molecule has 0 aliphatic carbocycles. The van der Waals surface area contributed by atoms with Crippen molar-refractivity contribution in [2.24, 2.45) is 0 Å². The van der Waals surface area contributed by atoms with Crippen molar-refractivity contribution in [1.29, 1.82) is 0 Å². The zero-order chi connectivity index (χ0) is 50.6. The second-order valence-corrected chi connectivity index (χ2v) is 18.0. The van der Waals surface area contributed by atoms with Crippen LogP contribution in [-0.2, 0) is 33.3 Å². The molecule has 0 saturated heterocycles. The number of carboxylic acids is 1. The van der Waals surface area contributed by atoms with E-state index in [2.05, 4.69) is 148 Å². The Morgan fingerprint density at radius 3 is 1.16 bits per heavy atom. The van der Waals surface area contributed by atoms with Gasteiger partial charge in [0.25, 0.3) is 0 Å². The van der Waals surface area contributed by atoms with Crippen LogP contribution in [0.25, 0.3) is 0 Å². The summed E-state index contributed by atoms with van der Waals surface area (Å²) >= 11 is 0. The fourth-order valence-electron chi connectivity index (χ4n) is 6.39. The monoisotopic (exact) mass is 958 g/mol. The number of likely N-dealkylation sites (N-methyl/N-ethyl adjacent to an activating group) is 1. The number of ether oxygens (including phenoxy) is 4. The van der Waals surface area contributed by atoms with Crippen molar-refractivity contribution in [2.45, 2.75) is 180 Å². The first-order valence-corrected chi connectivity index (χ1v) is 26.3. The van der Waals surface area contributed by atoms with Crippen LogP contribution < -0.4 is 5.11 Å². The van der Waals surface area contributed by atoms with E-state index in [1.54, 1.807) is 0 Å². The number of carbonyl (C=O) groups is 3. The molecule has 9 heteroatoms. The zero-order valence-corrected chi connectivity index (χ0v) is 43.9. The number of aliphatic carboxylic acids is 1. The molecule has 0 aromatic heterocycles. The number of hydrogen-bond acceptors (Lipinski definition) is 8. The Kier molecular flexibility index (Phi) is 46.5. The molecular formula is C60H95NO8. The van der Waals surface area contributed by atoms with Crippen LogP contribution in [-0.4, -0.2) is 82.3 Å². The Labute approximate surface area is 420 Å². The summed E-state index contributed by atoms with van der Waals surface area (Å²) in [5.74, 6) is -2.37. The van der Waals surface area contributed by atoms with E-state index >= 15 is 0 Å². The van der Waals surface area contributed by atoms with Crippen molar-refractivity contribution >= 4 is 17.9 Å². The fourth-order valence-corrected chi connectivity index (χ4v) is 6.39. The highest BCUT2D eigenvalue weighted by Crippen LogP contribution is 2.12. The van der Waals surface area contributed by atoms with E-state index in [0.29, 0.717) is 23.9 Å². The van der Waals surface area contributed by atoms with Crippen molar-refractivity contribution < 1.29 is 42.9 Å². The topological polar surface area (TPSA) is 111 Å². The summed E-state index contributed by atoms with van der Waals surface area (Å²) in [6.07, 6.45) is 67.7. The number of rotatable bonds is 46. The molecule has 0 aromatic carbocycles. The van der Waals surface area contributed by atoms with Crippen LogP contribution in [0, 0.1) is 0 Å². The third-order valence-corrected chi connectivity index (χ3v) is 10.4. The number of carboxylic acid groups (broad SMARTS) is 1. The predicted molar refractivity (Wildman–Crippen MR) is 287 cm³/mol. The lowest BCUT2D eigenvalue weighted by Crippen LogP contribution is -2.44. The average molecular weight is 958 g/mol. The summed E-state index contributed by atoms with van der Waals surface area (Å²) in [4.78, 5) is 37.2. The van der Waals surface area contributed by atoms with Crippen LogP contribution in [0.5, 0.6) is 0 Å². The second kappa shape index (κ2) is 49.8. The van der Waals surface area contributed by atoms with E-state index in [1.807, 2.05) is 21.1 Å². The molecule has 0 saturated carbocycles. The smallest absolute Gasteiger partial charge is 0.306 e. The van der Waals surface area contributed by atoms with Crippen LogP contribution in [0.15, 0.2) is 134 Å². The molecule has 0 rings (SSSR count). The lowest BCUT2D eigenvalue weighted by atomic mass is 10.1. The number of carbonyl (C=O) groups excluding carboxylic acids is 3. The number of unbranched alkanes of at least 4 members (excludes halogenated alkanes) is 9. The van der Waals surface area contributed by atoms with Crippen molar-refractivity contribution in [1.82, 2.24) is 0 Å². The molecule has 388 valence electrons. The van der Waals surface area contributed by atoms with Gasteiger partial charge in [0.15, 0.2) is 12.4 Å². The Bertz CT molecular complexity index is 1590. The van der Waals surface area contributed by atoms with E-state index in [9.17, 15) is 19.5 Å². The van der Waals surface area contributed by atoms with Crippen molar-refractivity contribution in [2.75, 3.05) is 47.5 Å². The first kappa shape index (κ1) is 64.4. The highest BCUT2D eigenvalue weighted by Gasteiger charge is 2.21. The first-order chi connectivity index (χ1) is 33.6. The summed E-state index contributed by atoms with van der Waals surface area (Å²) in [6, 6.07) is 0. The van der Waals surface area contributed by atoms with Gasteiger partial charge in [0, 0.05) is 12.8 Å². The standard InChI is InChI=1S/C60H95NO8/c1-6-8-10-12-14-16-18-20-22-24-26-28-29-31-33-35-37-39-41-43-45-47-49-51-58(63)69-56(55-68-60(59(64)65)66-53-52-61(3,4)5)54-67-57(62)50-48-46-44-42-40-38-36-34-32-30-27-25-23-21-19-17-15-13-11-9-7-2/h8-11,14-17,20-23,26-28,30-31,33-34,36-37,39,56,60H,6-7,12-13,18-19,24-25,29,32,35,38,40-55H2,1-5H3/b10-8-,11-9-,16-14-,17-15-,22-20-,23-21-,28-26-,30-27-,33-31-,36-34-,39-37-. The molecule has 0 amide bonds. The van der Waals surface area contributed by atoms with Crippen LogP contribution in [0.4, 0.5) is 0 Å². The molecule has 69 heavy (non-hydrogen) atoms. The molecule has 2 atom stereocenters. The SMILES string of the molecule is CC/C=C\C/C=C\C/C=C\C/C=C\C/C=C\C/C=C\CCCCCCC(=O)OC(COC(=O)CCCCCCC/C=C\C/C=C\C/C=C\C/C=C\C/C=C\CC)COC(OCC[N+](C)(C)C)C(=O)[O-]. The van der Waals surface area contributed by atoms with Crippen LogP contribution >= 0.6 is 0 Å². The van der Waals surface area contributed by atoms with E-state index in [1.165, 1.54) is 0 Å². The quantitative estimate of drug-likeness (QED) is 0.0195. The predicted octanol–water partition coefficient (Wildman–Crippen LogP) is 13.8. The fraction of sp³-hybridized carbons (Fsp3) is 0.583. The Balaban J connectivity index is 4.47. The van der Waals surface area contributed by atoms with E-state index < -0.39 is 30.3 Å². The largest absolute Gasteiger partial charge is 0.545 e. The molecule has 0 aliphatic heterocycles. The molecule has 2 unspecified atom stereocenters. The van der Waals surface area contributed by atoms with Crippen LogP contribution in [0.3, 0.4) is 0 Å². The normalized spacial score (nSPS) is 13.9. The molecule has 0 fully saturated rings. The van der Waals surface area contributed by atoms with E-state index in [0.717, 1.165) is 128 Å². The van der Waals surface area contributed by atoms with Gasteiger partial charge in [0.05, 0.1) is 40.3 Å². The van der Waals surface area contributed by atoms with Crippen LogP contribution in [0.1, 0.15) is 168 Å². The maximum Gasteiger partial charge on any atom is 0.306 e. The first-order valence-electron chi connectivity index (χ1n) is 26.3. The maximum atomic E-state index is 12.8. The third kappa shape index (κ3) is 51.1. The minimum atomic E-state index is -1.64. The third-order valence-electron chi connectivity index (χ3n) is 10.4. The van der Waals surface area contributed by atoms with Gasteiger partial charge in [-0.1, -0.05) is 180 Å². The van der Waals surface area contributed by atoms with Crippen LogP contribution in [0.2, 0.25) is 0 Å². The van der Waals surface area contributed by atoms with E-state index in [4.69, 9.17) is 18.9 Å². The van der Waals surface area contributed by atoms with Gasteiger partial charge in [0.2, 0.25) is 0 Å². The minimum absolute atomic E-state index is 0.130. The summed E-state index contributed by atoms with van der Waals surface area (Å²) in [7, 11) is 5.89. The molecular weight excluding hydrogens is 863 g/mol. The van der Waals surface area contributed by atoms with Crippen molar-refractivity contribution in [3.8, 4) is 0 Å². The molecule has 0 spiro atoms. The summed E-state index contributed by atoms with van der Waals surface area (Å²) in [6.45, 7) is 4.43. The molecule has 0 bridgehead atoms. The lowest BCUT2D eigenvalue weighted by molar-refractivity contribution is -0.870. The number of esters is 2. The highest BCUT2D eigenvalue weighted by molar-refractivity contribution is 5.70. The van der Waals surface area contributed by atoms with Crippen molar-refractivity contribution in [3.63, 3.8) is 0 Å². The molecule has 0 radical (unpaired) electrons. The molecule has 0 heterocycles. The Morgan fingerprint density at radius 1 is 0.435 bits per heavy atom. The van der Waals surface area contributed by atoms with Crippen molar-refractivity contribution in [3.05, 3.63) is 134 Å². The van der Waals surface area contributed by atoms with Gasteiger partial charge in [-0.25, -0.2) is 0 Å². The average Bonchev–Trinajstić information content (AvgIpc) is 3.31. The minimum Gasteiger partial charge on any atom is -0.545 e. The van der Waals surface area contributed by atoms with Gasteiger partial charge < -0.3 is 33.3 Å². The number of hydrogen-bond donors (Lipinski definition) is 0. The molecule has 0 aliphatic rings. The second-order valence-electron chi connectivity index (χ2n) is 18.0. The molecule has 0 N–H and O–H groups in total. The number of quaternary nitrogens is 1. The number of nitrogens with zero attached hydrogens (tertiary/aromatic N) is 1. The Hall–Kier alpha value is -4.57. The summed E-state index contributed by atoms with van der Waals surface area (Å²) in [5.41, 5.74) is 0. The summed E-state index contributed by atoms with van der Waals surface area (Å²) in [5, 5.41) is 11.8. The van der Waals surface area contributed by atoms with Gasteiger partial charge in [-0.2, -0.15) is 0 Å². The summed E-state index contributed by atoms with van der Waals surface area (Å²) < 4.78 is 22.6.